The monoisotopic (exact) mass is 300 g/mol. The summed E-state index contributed by atoms with van der Waals surface area (Å²) in [6.45, 7) is 5.28. The predicted octanol–water partition coefficient (Wildman–Crippen LogP) is 6.16. The van der Waals surface area contributed by atoms with Crippen LogP contribution in [0.15, 0.2) is 0 Å². The normalized spacial score (nSPS) is 60.3. The van der Waals surface area contributed by atoms with Gasteiger partial charge in [-0.15, -0.1) is 0 Å². The van der Waals surface area contributed by atoms with Gasteiger partial charge in [-0.3, -0.25) is 0 Å². The van der Waals surface area contributed by atoms with E-state index in [-0.39, 0.29) is 0 Å². The molecule has 6 aliphatic rings. The highest BCUT2D eigenvalue weighted by molar-refractivity contribution is 5.11. The zero-order valence-electron chi connectivity index (χ0n) is 14.8. The molecular formula is C22H36. The average molecular weight is 301 g/mol. The first kappa shape index (κ1) is 14.4. The largest absolute Gasteiger partial charge is 0.0622 e. The van der Waals surface area contributed by atoms with Gasteiger partial charge in [0.15, 0.2) is 0 Å². The SMILES string of the molecule is CC1CCC(C)C2C3C4CCCCC4C(C4CCCCC43)C12. The van der Waals surface area contributed by atoms with Crippen LogP contribution >= 0.6 is 0 Å². The van der Waals surface area contributed by atoms with Gasteiger partial charge in [0.05, 0.1) is 0 Å². The molecule has 0 aromatic rings. The van der Waals surface area contributed by atoms with Crippen LogP contribution in [0.1, 0.15) is 78.1 Å². The lowest BCUT2D eigenvalue weighted by Gasteiger charge is -2.69. The van der Waals surface area contributed by atoms with E-state index in [0.29, 0.717) is 0 Å². The lowest BCUT2D eigenvalue weighted by atomic mass is 9.36. The Balaban J connectivity index is 1.59. The summed E-state index contributed by atoms with van der Waals surface area (Å²) in [4.78, 5) is 0. The van der Waals surface area contributed by atoms with Gasteiger partial charge in [0.25, 0.3) is 0 Å². The van der Waals surface area contributed by atoms with Crippen molar-refractivity contribution in [3.63, 3.8) is 0 Å². The molecular weight excluding hydrogens is 264 g/mol. The summed E-state index contributed by atoms with van der Waals surface area (Å²) in [5.74, 6) is 11.3. The molecule has 0 heterocycles. The topological polar surface area (TPSA) is 0 Å². The van der Waals surface area contributed by atoms with Crippen molar-refractivity contribution >= 4 is 0 Å². The lowest BCUT2D eigenvalue weighted by Crippen LogP contribution is -2.63. The Kier molecular flexibility index (Phi) is 3.42. The van der Waals surface area contributed by atoms with Gasteiger partial charge >= 0.3 is 0 Å². The molecule has 22 heavy (non-hydrogen) atoms. The maximum atomic E-state index is 2.64. The van der Waals surface area contributed by atoms with E-state index >= 15 is 0 Å². The molecule has 0 radical (unpaired) electrons. The zero-order chi connectivity index (χ0) is 14.8. The third-order valence-corrected chi connectivity index (χ3v) is 9.45. The third-order valence-electron chi connectivity index (χ3n) is 9.45. The Bertz CT molecular complexity index is 362. The second-order valence-electron chi connectivity index (χ2n) is 10.1. The van der Waals surface area contributed by atoms with E-state index in [4.69, 9.17) is 0 Å². The van der Waals surface area contributed by atoms with E-state index in [0.717, 1.165) is 59.2 Å². The molecule has 6 rings (SSSR count). The van der Waals surface area contributed by atoms with Gasteiger partial charge in [-0.1, -0.05) is 52.4 Å². The minimum absolute atomic E-state index is 1.04. The molecule has 0 aromatic heterocycles. The van der Waals surface area contributed by atoms with Crippen LogP contribution in [-0.2, 0) is 0 Å². The summed E-state index contributed by atoms with van der Waals surface area (Å²) >= 11 is 0. The van der Waals surface area contributed by atoms with Gasteiger partial charge in [-0.2, -0.15) is 0 Å². The maximum Gasteiger partial charge on any atom is -0.0318 e. The highest BCUT2D eigenvalue weighted by Crippen LogP contribution is 2.69. The van der Waals surface area contributed by atoms with Gasteiger partial charge in [-0.05, 0) is 84.9 Å². The van der Waals surface area contributed by atoms with Crippen molar-refractivity contribution in [2.24, 2.45) is 59.2 Å². The maximum absolute atomic E-state index is 2.64. The van der Waals surface area contributed by atoms with Crippen molar-refractivity contribution in [2.75, 3.05) is 0 Å². The molecule has 6 fully saturated rings. The van der Waals surface area contributed by atoms with Crippen molar-refractivity contribution < 1.29 is 0 Å². The highest BCUT2D eigenvalue weighted by atomic mass is 14.7. The molecule has 0 saturated heterocycles. The second kappa shape index (κ2) is 5.25. The van der Waals surface area contributed by atoms with E-state index in [2.05, 4.69) is 13.8 Å². The first-order chi connectivity index (χ1) is 10.8. The molecule has 124 valence electrons. The zero-order valence-corrected chi connectivity index (χ0v) is 14.8. The molecule has 0 aliphatic heterocycles. The quantitative estimate of drug-likeness (QED) is 0.503. The molecule has 8 atom stereocenters. The summed E-state index contributed by atoms with van der Waals surface area (Å²) in [6, 6.07) is 0. The van der Waals surface area contributed by atoms with Gasteiger partial charge in [0.1, 0.15) is 0 Å². The number of hydrogen-bond donors (Lipinski definition) is 0. The van der Waals surface area contributed by atoms with E-state index < -0.39 is 0 Å². The smallest absolute Gasteiger partial charge is 0.0318 e. The summed E-state index contributed by atoms with van der Waals surface area (Å²) in [7, 11) is 0. The summed E-state index contributed by atoms with van der Waals surface area (Å²) < 4.78 is 0. The second-order valence-corrected chi connectivity index (χ2v) is 10.1. The Hall–Kier alpha value is 0. The van der Waals surface area contributed by atoms with E-state index in [1.165, 1.54) is 0 Å². The molecule has 0 heteroatoms. The van der Waals surface area contributed by atoms with Crippen molar-refractivity contribution in [2.45, 2.75) is 78.1 Å². The molecule has 0 aromatic carbocycles. The Morgan fingerprint density at radius 3 is 1.05 bits per heavy atom. The standard InChI is InChI=1S/C22H36/c1-13-11-12-14(2)20-19(13)21-15-7-3-5-9-17(15)22(20)18-10-6-4-8-16(18)21/h13-22H,3-12H2,1-2H3. The third kappa shape index (κ3) is 1.82. The fourth-order valence-electron chi connectivity index (χ4n) is 9.01. The molecule has 6 aliphatic carbocycles. The first-order valence-electron chi connectivity index (χ1n) is 10.8. The molecule has 0 nitrogen and oxygen atoms in total. The van der Waals surface area contributed by atoms with E-state index in [1.54, 1.807) is 64.2 Å². The van der Waals surface area contributed by atoms with E-state index in [9.17, 15) is 0 Å². The van der Waals surface area contributed by atoms with Crippen LogP contribution in [0.25, 0.3) is 0 Å². The van der Waals surface area contributed by atoms with E-state index in [1.807, 2.05) is 0 Å². The molecule has 2 bridgehead atoms. The lowest BCUT2D eigenvalue weighted by molar-refractivity contribution is -0.211. The van der Waals surface area contributed by atoms with Crippen LogP contribution in [0.3, 0.4) is 0 Å². The fraction of sp³-hybridized carbons (Fsp3) is 1.00. The van der Waals surface area contributed by atoms with Crippen LogP contribution in [0, 0.1) is 59.2 Å². The van der Waals surface area contributed by atoms with Gasteiger partial charge in [0.2, 0.25) is 0 Å². The fourth-order valence-corrected chi connectivity index (χ4v) is 9.01. The highest BCUT2D eigenvalue weighted by Gasteiger charge is 2.63. The predicted molar refractivity (Wildman–Crippen MR) is 92.4 cm³/mol. The number of rotatable bonds is 0. The molecule has 0 spiro atoms. The molecule has 6 saturated carbocycles. The molecule has 0 N–H and O–H groups in total. The molecule has 0 amide bonds. The summed E-state index contributed by atoms with van der Waals surface area (Å²) in [6.07, 6.45) is 15.8. The Morgan fingerprint density at radius 2 is 0.727 bits per heavy atom. The van der Waals surface area contributed by atoms with Crippen molar-refractivity contribution in [1.82, 2.24) is 0 Å². The van der Waals surface area contributed by atoms with Crippen LogP contribution < -0.4 is 0 Å². The van der Waals surface area contributed by atoms with Gasteiger partial charge in [-0.25, -0.2) is 0 Å². The minimum atomic E-state index is 1.04. The van der Waals surface area contributed by atoms with Gasteiger partial charge in [0, 0.05) is 0 Å². The van der Waals surface area contributed by atoms with Gasteiger partial charge < -0.3 is 0 Å². The number of hydrogen-bond acceptors (Lipinski definition) is 0. The summed E-state index contributed by atoms with van der Waals surface area (Å²) in [5.41, 5.74) is 0. The van der Waals surface area contributed by atoms with Crippen LogP contribution in [-0.4, -0.2) is 0 Å². The Morgan fingerprint density at radius 1 is 0.409 bits per heavy atom. The van der Waals surface area contributed by atoms with Crippen molar-refractivity contribution in [3.05, 3.63) is 0 Å². The van der Waals surface area contributed by atoms with Crippen LogP contribution in [0.5, 0.6) is 0 Å². The van der Waals surface area contributed by atoms with Crippen LogP contribution in [0.4, 0.5) is 0 Å². The van der Waals surface area contributed by atoms with Crippen molar-refractivity contribution in [3.8, 4) is 0 Å². The minimum Gasteiger partial charge on any atom is -0.0622 e. The first-order valence-corrected chi connectivity index (χ1v) is 10.8. The average Bonchev–Trinajstić information content (AvgIpc) is 2.58. The van der Waals surface area contributed by atoms with Crippen LogP contribution in [0.2, 0.25) is 0 Å². The van der Waals surface area contributed by atoms with Crippen molar-refractivity contribution in [1.29, 1.82) is 0 Å². The molecule has 8 unspecified atom stereocenters. The summed E-state index contributed by atoms with van der Waals surface area (Å²) in [5, 5.41) is 0. The Labute approximate surface area is 137 Å².